The fraction of sp³-hybridized carbons (Fsp3) is 0.556. The molecule has 2 aromatic rings. The highest BCUT2D eigenvalue weighted by Crippen LogP contribution is 2.32. The molecule has 9 heteroatoms. The summed E-state index contributed by atoms with van der Waals surface area (Å²) in [6.45, 7) is 9.95. The van der Waals surface area contributed by atoms with Gasteiger partial charge in [-0.1, -0.05) is 32.9 Å². The number of phenolic OH excluding ortho intramolecular Hbond substituents is 4. The second-order valence-corrected chi connectivity index (χ2v) is 8.89. The molecule has 0 aliphatic rings. The van der Waals surface area contributed by atoms with E-state index in [9.17, 15) is 20.4 Å². The summed E-state index contributed by atoms with van der Waals surface area (Å²) in [7, 11) is 0. The van der Waals surface area contributed by atoms with Crippen LogP contribution in [0.3, 0.4) is 0 Å². The Morgan fingerprint density at radius 2 is 1.11 bits per heavy atom. The number of hydrogen-bond donors (Lipinski definition) is 6. The van der Waals surface area contributed by atoms with Crippen molar-refractivity contribution in [2.24, 2.45) is 5.92 Å². The third-order valence-electron chi connectivity index (χ3n) is 6.43. The van der Waals surface area contributed by atoms with E-state index in [0.717, 1.165) is 74.1 Å². The lowest BCUT2D eigenvalue weighted by atomic mass is 10.00. The van der Waals surface area contributed by atoms with E-state index in [2.05, 4.69) is 17.6 Å². The van der Waals surface area contributed by atoms with Crippen LogP contribution in [0.4, 0.5) is 0 Å². The summed E-state index contributed by atoms with van der Waals surface area (Å²) < 4.78 is 0. The minimum absolute atomic E-state index is 0. The summed E-state index contributed by atoms with van der Waals surface area (Å²) in [6.07, 6.45) is 6.54. The summed E-state index contributed by atoms with van der Waals surface area (Å²) in [4.78, 5) is 0. The number of benzene rings is 2. The zero-order valence-corrected chi connectivity index (χ0v) is 25.2. The molecule has 0 amide bonds. The summed E-state index contributed by atoms with van der Waals surface area (Å²) in [5.41, 5.74) is 3.86. The predicted octanol–water partition coefficient (Wildman–Crippen LogP) is 4.74. The molecule has 1 atom stereocenters. The first-order chi connectivity index (χ1) is 15.9. The van der Waals surface area contributed by atoms with E-state index < -0.39 is 0 Å². The molecule has 2 aromatic carbocycles. The van der Waals surface area contributed by atoms with Gasteiger partial charge in [0.15, 0.2) is 23.0 Å². The largest absolute Gasteiger partial charge is 0.504 e. The van der Waals surface area contributed by atoms with Crippen LogP contribution < -0.4 is 10.6 Å². The topological polar surface area (TPSA) is 136 Å². The van der Waals surface area contributed by atoms with E-state index in [1.54, 1.807) is 12.1 Å². The van der Waals surface area contributed by atoms with Gasteiger partial charge in [0.25, 0.3) is 0 Å². The molecule has 208 valence electrons. The first kappa shape index (κ1) is 36.6. The summed E-state index contributed by atoms with van der Waals surface area (Å²) in [5.74, 6) is 0.604. The molecule has 0 aromatic heterocycles. The Labute approximate surface area is 237 Å². The van der Waals surface area contributed by atoms with E-state index in [1.807, 2.05) is 26.0 Å². The molecular formula is C27H46Br2N2O5. The van der Waals surface area contributed by atoms with Gasteiger partial charge in [0.05, 0.1) is 0 Å². The monoisotopic (exact) mass is 636 g/mol. The number of rotatable bonds is 15. The van der Waals surface area contributed by atoms with Gasteiger partial charge in [-0.15, -0.1) is 34.0 Å². The molecule has 0 aliphatic heterocycles. The number of phenols is 4. The summed E-state index contributed by atoms with van der Waals surface area (Å²) in [5, 5.41) is 46.3. The number of aromatic hydroxyl groups is 4. The molecule has 0 aliphatic carbocycles. The van der Waals surface area contributed by atoms with Gasteiger partial charge in [0.2, 0.25) is 0 Å². The maximum Gasteiger partial charge on any atom is 0.160 e. The molecule has 0 fully saturated rings. The highest BCUT2D eigenvalue weighted by Gasteiger charge is 2.11. The average Bonchev–Trinajstić information content (AvgIpc) is 2.80. The van der Waals surface area contributed by atoms with Crippen LogP contribution in [0.15, 0.2) is 24.3 Å². The van der Waals surface area contributed by atoms with Crippen molar-refractivity contribution in [1.82, 2.24) is 10.6 Å². The molecule has 0 saturated heterocycles. The Hall–Kier alpha value is -1.52. The number of nitrogens with one attached hydrogen (secondary N) is 2. The second kappa shape index (κ2) is 19.6. The Kier molecular flexibility index (Phi) is 19.9. The van der Waals surface area contributed by atoms with Crippen molar-refractivity contribution in [1.29, 1.82) is 0 Å². The fourth-order valence-electron chi connectivity index (χ4n) is 4.35. The van der Waals surface area contributed by atoms with Crippen LogP contribution in [-0.4, -0.2) is 52.1 Å². The van der Waals surface area contributed by atoms with Gasteiger partial charge in [0, 0.05) is 11.1 Å². The Bertz CT molecular complexity index is 884. The van der Waals surface area contributed by atoms with Crippen LogP contribution in [-0.2, 0) is 25.7 Å². The zero-order valence-electron chi connectivity index (χ0n) is 21.8. The van der Waals surface area contributed by atoms with Crippen LogP contribution in [0.1, 0.15) is 62.3 Å². The summed E-state index contributed by atoms with van der Waals surface area (Å²) in [6, 6.07) is 6.94. The van der Waals surface area contributed by atoms with Crippen molar-refractivity contribution >= 4 is 34.0 Å². The van der Waals surface area contributed by atoms with Crippen molar-refractivity contribution in [3.8, 4) is 23.0 Å². The molecule has 1 unspecified atom stereocenters. The number of hydrogen-bond acceptors (Lipinski definition) is 6. The molecule has 0 heterocycles. The highest BCUT2D eigenvalue weighted by molar-refractivity contribution is 8.93. The van der Waals surface area contributed by atoms with Gasteiger partial charge in [-0.3, -0.25) is 0 Å². The van der Waals surface area contributed by atoms with E-state index in [4.69, 9.17) is 0 Å². The van der Waals surface area contributed by atoms with E-state index in [-0.39, 0.29) is 62.4 Å². The van der Waals surface area contributed by atoms with Crippen LogP contribution in [0.25, 0.3) is 0 Å². The van der Waals surface area contributed by atoms with Crippen molar-refractivity contribution in [2.75, 3.05) is 26.2 Å². The van der Waals surface area contributed by atoms with Crippen LogP contribution in [0, 0.1) is 5.92 Å². The number of halogens is 2. The zero-order chi connectivity index (χ0) is 24.2. The third-order valence-corrected chi connectivity index (χ3v) is 6.43. The predicted molar refractivity (Wildman–Crippen MR) is 159 cm³/mol. The Morgan fingerprint density at radius 3 is 1.56 bits per heavy atom. The maximum absolute atomic E-state index is 10.00. The molecule has 0 saturated carbocycles. The minimum Gasteiger partial charge on any atom is -0.504 e. The smallest absolute Gasteiger partial charge is 0.160 e. The molecule has 36 heavy (non-hydrogen) atoms. The van der Waals surface area contributed by atoms with E-state index in [1.165, 1.54) is 6.42 Å². The molecular weight excluding hydrogens is 592 g/mol. The average molecular weight is 638 g/mol. The minimum atomic E-state index is -0.0442. The first-order valence-electron chi connectivity index (χ1n) is 12.4. The van der Waals surface area contributed by atoms with Crippen molar-refractivity contribution < 1.29 is 25.9 Å². The Morgan fingerprint density at radius 1 is 0.667 bits per heavy atom. The van der Waals surface area contributed by atoms with Crippen molar-refractivity contribution in [3.63, 3.8) is 0 Å². The maximum atomic E-state index is 10.00. The van der Waals surface area contributed by atoms with Gasteiger partial charge >= 0.3 is 0 Å². The van der Waals surface area contributed by atoms with Crippen LogP contribution >= 0.6 is 34.0 Å². The van der Waals surface area contributed by atoms with Crippen LogP contribution in [0.2, 0.25) is 0 Å². The second-order valence-electron chi connectivity index (χ2n) is 8.89. The molecule has 8 N–H and O–H groups in total. The lowest BCUT2D eigenvalue weighted by Gasteiger charge is -2.14. The molecule has 7 nitrogen and oxygen atoms in total. The standard InChI is InChI=1S/C27H42N2O4.2BrH.H2O/c1-4-22-20(8-10-24(30)26(22)32)13-17-28-15-6-7-19(3)12-16-29-18-14-21-9-11-25(31)27(33)23(21)5-2;;;/h8-11,19,28-33H,4-7,12-18H2,1-3H3;2*1H;1H2. The van der Waals surface area contributed by atoms with Gasteiger partial charge in [0.1, 0.15) is 0 Å². The third kappa shape index (κ3) is 11.3. The molecule has 0 radical (unpaired) electrons. The SMILES string of the molecule is Br.Br.CCc1c(CCNCCCC(C)CCNCCc2ccc(O)c(O)c2CC)ccc(O)c1O.O. The lowest BCUT2D eigenvalue weighted by Crippen LogP contribution is -2.22. The molecule has 0 bridgehead atoms. The molecule has 0 spiro atoms. The van der Waals surface area contributed by atoms with Gasteiger partial charge < -0.3 is 36.5 Å². The van der Waals surface area contributed by atoms with Gasteiger partial charge in [-0.25, -0.2) is 0 Å². The van der Waals surface area contributed by atoms with Crippen molar-refractivity contribution in [2.45, 2.75) is 65.7 Å². The van der Waals surface area contributed by atoms with Gasteiger partial charge in [-0.2, -0.15) is 0 Å². The van der Waals surface area contributed by atoms with Crippen LogP contribution in [0.5, 0.6) is 23.0 Å². The summed E-state index contributed by atoms with van der Waals surface area (Å²) >= 11 is 0. The highest BCUT2D eigenvalue weighted by atomic mass is 79.9. The van der Waals surface area contributed by atoms with Crippen molar-refractivity contribution in [3.05, 3.63) is 46.5 Å². The van der Waals surface area contributed by atoms with E-state index in [0.29, 0.717) is 18.8 Å². The molecule has 2 rings (SSSR count). The fourth-order valence-corrected chi connectivity index (χ4v) is 4.35. The normalized spacial score (nSPS) is 11.2. The van der Waals surface area contributed by atoms with E-state index >= 15 is 0 Å². The van der Waals surface area contributed by atoms with Gasteiger partial charge in [-0.05, 0) is 100 Å². The quantitative estimate of drug-likeness (QED) is 0.123. The first-order valence-corrected chi connectivity index (χ1v) is 12.4. The lowest BCUT2D eigenvalue weighted by molar-refractivity contribution is 0.398. The Balaban J connectivity index is 0.